The minimum absolute atomic E-state index is 0.0774. The number of hydrogen-bond donors (Lipinski definition) is 0. The van der Waals surface area contributed by atoms with E-state index in [1.54, 1.807) is 18.2 Å². The Morgan fingerprint density at radius 2 is 2.00 bits per heavy atom. The fraction of sp³-hybridized carbons (Fsp3) is 0.125. The summed E-state index contributed by atoms with van der Waals surface area (Å²) >= 11 is 11.4. The fourth-order valence-electron chi connectivity index (χ4n) is 0.874. The molecule has 0 saturated carbocycles. The lowest BCUT2D eigenvalue weighted by Gasteiger charge is -1.99. The second-order valence-electron chi connectivity index (χ2n) is 2.41. The van der Waals surface area contributed by atoms with Crippen molar-refractivity contribution in [3.63, 3.8) is 0 Å². The monoisotopic (exact) mass is 200 g/mol. The molecule has 62 valence electrons. The molecule has 0 N–H and O–H groups in total. The molecule has 0 aliphatic rings. The van der Waals surface area contributed by atoms with Gasteiger partial charge in [-0.15, -0.1) is 0 Å². The van der Waals surface area contributed by atoms with Crippen LogP contribution in [0.4, 0.5) is 0 Å². The van der Waals surface area contributed by atoms with Gasteiger partial charge < -0.3 is 0 Å². The molecule has 0 amide bonds. The van der Waals surface area contributed by atoms with Gasteiger partial charge in [-0.1, -0.05) is 23.2 Å². The van der Waals surface area contributed by atoms with Crippen LogP contribution >= 0.6 is 23.2 Å². The molecular weight excluding hydrogens is 194 g/mol. The standard InChI is InChI=1S/C8H7BCl2O/c9-4-8(12)5-1-2-6(10)7(11)3-5/h1-3H,4,9H2. The molecule has 12 heavy (non-hydrogen) atoms. The minimum atomic E-state index is 0.0774. The van der Waals surface area contributed by atoms with Crippen molar-refractivity contribution >= 4 is 36.8 Å². The summed E-state index contributed by atoms with van der Waals surface area (Å²) in [4.78, 5) is 11.2. The van der Waals surface area contributed by atoms with Crippen LogP contribution < -0.4 is 0 Å². The van der Waals surface area contributed by atoms with Gasteiger partial charge in [-0.3, -0.25) is 4.79 Å². The number of halogens is 2. The number of ketones is 1. The summed E-state index contributed by atoms with van der Waals surface area (Å²) in [5, 5.41) is 0.903. The number of Topliss-reactive ketones (excluding diaryl/α,β-unsaturated/α-hetero) is 1. The molecule has 1 aromatic rings. The molecule has 0 heterocycles. The zero-order valence-corrected chi connectivity index (χ0v) is 8.12. The van der Waals surface area contributed by atoms with E-state index in [0.29, 0.717) is 21.9 Å². The summed E-state index contributed by atoms with van der Waals surface area (Å²) in [6.07, 6.45) is 0.484. The maximum absolute atomic E-state index is 11.2. The molecule has 4 heteroatoms. The van der Waals surface area contributed by atoms with Gasteiger partial charge in [-0.05, 0) is 24.5 Å². The Balaban J connectivity index is 3.05. The van der Waals surface area contributed by atoms with Gasteiger partial charge in [0.2, 0.25) is 0 Å². The first kappa shape index (κ1) is 9.62. The summed E-state index contributed by atoms with van der Waals surface area (Å²) in [5.41, 5.74) is 0.618. The van der Waals surface area contributed by atoms with Crippen LogP contribution in [-0.4, -0.2) is 13.6 Å². The Labute approximate surface area is 82.1 Å². The topological polar surface area (TPSA) is 17.1 Å². The van der Waals surface area contributed by atoms with E-state index in [2.05, 4.69) is 0 Å². The zero-order chi connectivity index (χ0) is 9.14. The van der Waals surface area contributed by atoms with E-state index in [9.17, 15) is 4.79 Å². The number of rotatable bonds is 2. The predicted molar refractivity (Wildman–Crippen MR) is 54.1 cm³/mol. The maximum atomic E-state index is 11.2. The first-order valence-corrected chi connectivity index (χ1v) is 4.39. The Morgan fingerprint density at radius 1 is 1.33 bits per heavy atom. The molecule has 0 spiro atoms. The van der Waals surface area contributed by atoms with Crippen molar-refractivity contribution in [1.82, 2.24) is 0 Å². The predicted octanol–water partition coefficient (Wildman–Crippen LogP) is 2.23. The van der Waals surface area contributed by atoms with E-state index in [1.165, 1.54) is 0 Å². The van der Waals surface area contributed by atoms with E-state index in [0.717, 1.165) is 0 Å². The molecule has 1 aromatic carbocycles. The second-order valence-corrected chi connectivity index (χ2v) is 3.22. The highest BCUT2D eigenvalue weighted by atomic mass is 35.5. The molecule has 0 saturated heterocycles. The average molecular weight is 201 g/mol. The summed E-state index contributed by atoms with van der Waals surface area (Å²) in [5.74, 6) is 0.0774. The van der Waals surface area contributed by atoms with Crippen LogP contribution in [0.15, 0.2) is 18.2 Å². The first-order chi connectivity index (χ1) is 5.65. The van der Waals surface area contributed by atoms with E-state index in [4.69, 9.17) is 23.2 Å². The fourth-order valence-corrected chi connectivity index (χ4v) is 1.17. The van der Waals surface area contributed by atoms with Gasteiger partial charge >= 0.3 is 0 Å². The molecule has 0 bridgehead atoms. The summed E-state index contributed by atoms with van der Waals surface area (Å²) in [6, 6.07) is 4.91. The highest BCUT2D eigenvalue weighted by Gasteiger charge is 2.04. The van der Waals surface area contributed by atoms with Crippen molar-refractivity contribution in [2.75, 3.05) is 0 Å². The smallest absolute Gasteiger partial charge is 0.155 e. The van der Waals surface area contributed by atoms with Gasteiger partial charge in [0.15, 0.2) is 5.78 Å². The molecular formula is C8H7BCl2O. The van der Waals surface area contributed by atoms with Crippen molar-refractivity contribution in [1.29, 1.82) is 0 Å². The van der Waals surface area contributed by atoms with Crippen LogP contribution in [0.1, 0.15) is 10.4 Å². The Hall–Kier alpha value is -0.465. The van der Waals surface area contributed by atoms with Gasteiger partial charge in [0.1, 0.15) is 7.85 Å². The Morgan fingerprint density at radius 3 is 2.50 bits per heavy atom. The van der Waals surface area contributed by atoms with Crippen LogP contribution in [0.25, 0.3) is 0 Å². The summed E-state index contributed by atoms with van der Waals surface area (Å²) in [6.45, 7) is 0. The molecule has 0 aromatic heterocycles. The average Bonchev–Trinajstić information content (AvgIpc) is 2.08. The van der Waals surface area contributed by atoms with Gasteiger partial charge in [-0.25, -0.2) is 0 Å². The lowest BCUT2D eigenvalue weighted by molar-refractivity contribution is 0.101. The molecule has 0 aliphatic heterocycles. The van der Waals surface area contributed by atoms with Crippen molar-refractivity contribution in [2.45, 2.75) is 6.32 Å². The van der Waals surface area contributed by atoms with E-state index < -0.39 is 0 Å². The quantitative estimate of drug-likeness (QED) is 0.529. The zero-order valence-electron chi connectivity index (χ0n) is 6.60. The van der Waals surface area contributed by atoms with Gasteiger partial charge in [0, 0.05) is 5.56 Å². The van der Waals surface area contributed by atoms with Crippen LogP contribution in [0.2, 0.25) is 16.4 Å². The third kappa shape index (κ3) is 2.02. The SMILES string of the molecule is BCC(=O)c1ccc(Cl)c(Cl)c1. The molecule has 0 atom stereocenters. The van der Waals surface area contributed by atoms with Crippen LogP contribution in [0, 0.1) is 0 Å². The lowest BCUT2D eigenvalue weighted by atomic mass is 9.96. The number of benzene rings is 1. The van der Waals surface area contributed by atoms with E-state index in [1.807, 2.05) is 7.85 Å². The Kier molecular flexibility index (Phi) is 3.18. The van der Waals surface area contributed by atoms with Gasteiger partial charge in [0.25, 0.3) is 0 Å². The summed E-state index contributed by atoms with van der Waals surface area (Å²) < 4.78 is 0. The normalized spacial score (nSPS) is 9.83. The minimum Gasteiger partial charge on any atom is -0.295 e. The lowest BCUT2D eigenvalue weighted by Crippen LogP contribution is -1.96. The van der Waals surface area contributed by atoms with Crippen LogP contribution in [-0.2, 0) is 0 Å². The second kappa shape index (κ2) is 3.97. The van der Waals surface area contributed by atoms with Crippen LogP contribution in [0.5, 0.6) is 0 Å². The molecule has 0 fully saturated rings. The van der Waals surface area contributed by atoms with Crippen molar-refractivity contribution in [3.05, 3.63) is 33.8 Å². The first-order valence-electron chi connectivity index (χ1n) is 3.63. The largest absolute Gasteiger partial charge is 0.295 e. The highest BCUT2D eigenvalue weighted by Crippen LogP contribution is 2.22. The Bertz CT molecular complexity index is 312. The maximum Gasteiger partial charge on any atom is 0.155 e. The van der Waals surface area contributed by atoms with Crippen molar-refractivity contribution in [3.8, 4) is 0 Å². The van der Waals surface area contributed by atoms with E-state index >= 15 is 0 Å². The molecule has 1 rings (SSSR count). The van der Waals surface area contributed by atoms with Crippen molar-refractivity contribution < 1.29 is 4.79 Å². The highest BCUT2D eigenvalue weighted by molar-refractivity contribution is 6.42. The van der Waals surface area contributed by atoms with E-state index in [-0.39, 0.29) is 5.78 Å². The number of carbonyl (C=O) groups excluding carboxylic acids is 1. The number of carbonyl (C=O) groups is 1. The van der Waals surface area contributed by atoms with Crippen molar-refractivity contribution in [2.24, 2.45) is 0 Å². The molecule has 0 unspecified atom stereocenters. The van der Waals surface area contributed by atoms with Crippen LogP contribution in [0.3, 0.4) is 0 Å². The van der Waals surface area contributed by atoms with Gasteiger partial charge in [0.05, 0.1) is 10.0 Å². The third-order valence-corrected chi connectivity index (χ3v) is 2.30. The third-order valence-electron chi connectivity index (χ3n) is 1.56. The summed E-state index contributed by atoms with van der Waals surface area (Å²) in [7, 11) is 1.81. The molecule has 1 nitrogen and oxygen atoms in total. The number of hydrogen-bond acceptors (Lipinski definition) is 1. The molecule has 0 aliphatic carbocycles. The van der Waals surface area contributed by atoms with Gasteiger partial charge in [-0.2, -0.15) is 0 Å². The molecule has 0 radical (unpaired) electrons.